The van der Waals surface area contributed by atoms with Crippen LogP contribution < -0.4 is 0 Å². The molecule has 1 amide bonds. The quantitative estimate of drug-likeness (QED) is 0.327. The molecule has 0 aromatic heterocycles. The molecule has 33 heavy (non-hydrogen) atoms. The lowest BCUT2D eigenvalue weighted by Crippen LogP contribution is -2.36. The number of likely N-dealkylation sites (N-methyl/N-ethyl adjacent to an activating group) is 1. The third kappa shape index (κ3) is 4.87. The Morgan fingerprint density at radius 3 is 2.06 bits per heavy atom. The number of hydrogen-bond acceptors (Lipinski definition) is 6. The van der Waals surface area contributed by atoms with E-state index in [1.165, 1.54) is 67.5 Å². The molecule has 176 valence electrons. The van der Waals surface area contributed by atoms with Gasteiger partial charge in [-0.15, -0.1) is 0 Å². The Hall–Kier alpha value is -2.95. The molecular formula is C23H26FN3O5S. The lowest BCUT2D eigenvalue weighted by atomic mass is 9.86. The van der Waals surface area contributed by atoms with E-state index >= 15 is 0 Å². The molecular weight excluding hydrogens is 449 g/mol. The van der Waals surface area contributed by atoms with Crippen molar-refractivity contribution in [1.82, 2.24) is 14.1 Å². The molecule has 0 bridgehead atoms. The number of sulfonamides is 1. The first-order valence-corrected chi connectivity index (χ1v) is 11.7. The molecule has 0 radical (unpaired) electrons. The maximum absolute atomic E-state index is 13.5. The second-order valence-corrected chi connectivity index (χ2v) is 10.5. The molecule has 2 aromatic rings. The fourth-order valence-electron chi connectivity index (χ4n) is 3.75. The number of benzene rings is 2. The van der Waals surface area contributed by atoms with Crippen molar-refractivity contribution in [3.63, 3.8) is 0 Å². The summed E-state index contributed by atoms with van der Waals surface area (Å²) in [5, 5.41) is 0. The molecule has 2 unspecified atom stereocenters. The van der Waals surface area contributed by atoms with Gasteiger partial charge in [-0.1, -0.05) is 24.3 Å². The van der Waals surface area contributed by atoms with Gasteiger partial charge in [-0.3, -0.25) is 14.4 Å². The van der Waals surface area contributed by atoms with Gasteiger partial charge in [-0.2, -0.15) is 0 Å². The molecule has 0 N–H and O–H groups in total. The van der Waals surface area contributed by atoms with E-state index in [2.05, 4.69) is 0 Å². The van der Waals surface area contributed by atoms with E-state index in [1.54, 1.807) is 0 Å². The number of ketones is 2. The van der Waals surface area contributed by atoms with Crippen LogP contribution in [0.2, 0.25) is 0 Å². The highest BCUT2D eigenvalue weighted by Crippen LogP contribution is 2.38. The molecule has 1 aliphatic rings. The first-order chi connectivity index (χ1) is 15.4. The lowest BCUT2D eigenvalue weighted by molar-refractivity contribution is -0.140. The van der Waals surface area contributed by atoms with Crippen molar-refractivity contribution in [3.05, 3.63) is 65.5 Å². The van der Waals surface area contributed by atoms with Crippen LogP contribution in [-0.4, -0.2) is 81.3 Å². The summed E-state index contributed by atoms with van der Waals surface area (Å²) in [6.07, 6.45) is 0. The monoisotopic (exact) mass is 475 g/mol. The van der Waals surface area contributed by atoms with Crippen molar-refractivity contribution in [3.8, 4) is 0 Å². The highest BCUT2D eigenvalue weighted by molar-refractivity contribution is 7.89. The van der Waals surface area contributed by atoms with Crippen LogP contribution in [0.1, 0.15) is 22.0 Å². The first kappa shape index (κ1) is 24.7. The Balaban J connectivity index is 2.01. The molecule has 2 aromatic carbocycles. The van der Waals surface area contributed by atoms with Gasteiger partial charge >= 0.3 is 0 Å². The van der Waals surface area contributed by atoms with E-state index in [4.69, 9.17) is 0 Å². The smallest absolute Gasteiger partial charge is 0.291 e. The van der Waals surface area contributed by atoms with Crippen molar-refractivity contribution in [2.24, 2.45) is 5.92 Å². The van der Waals surface area contributed by atoms with Crippen LogP contribution >= 0.6 is 0 Å². The average molecular weight is 476 g/mol. The predicted molar refractivity (Wildman–Crippen MR) is 120 cm³/mol. The number of carbonyl (C=O) groups is 3. The average Bonchev–Trinajstić information content (AvgIpc) is 3.02. The second-order valence-electron chi connectivity index (χ2n) is 8.32. The van der Waals surface area contributed by atoms with Gasteiger partial charge in [0.2, 0.25) is 15.8 Å². The van der Waals surface area contributed by atoms with Gasteiger partial charge in [0.15, 0.2) is 5.78 Å². The number of hydrogen-bond donors (Lipinski definition) is 0. The van der Waals surface area contributed by atoms with Crippen molar-refractivity contribution >= 4 is 27.5 Å². The van der Waals surface area contributed by atoms with Gasteiger partial charge in [0.05, 0.1) is 10.9 Å². The van der Waals surface area contributed by atoms with Gasteiger partial charge in [-0.05, 0) is 43.9 Å². The standard InChI is InChI=1S/C23H26FN3O5S/c1-25(2)13-14-27-20(15-5-9-17(24)10-6-15)19(22(29)23(27)30)21(28)16-7-11-18(12-8-16)33(31,32)26(3)4/h5-12,19-20H,13-14H2,1-4H3. The summed E-state index contributed by atoms with van der Waals surface area (Å²) < 4.78 is 39.2. The summed E-state index contributed by atoms with van der Waals surface area (Å²) >= 11 is 0. The second kappa shape index (κ2) is 9.50. The Morgan fingerprint density at radius 1 is 0.970 bits per heavy atom. The Bertz CT molecular complexity index is 1160. The summed E-state index contributed by atoms with van der Waals surface area (Å²) in [5.74, 6) is -3.99. The number of halogens is 1. The minimum atomic E-state index is -3.69. The van der Waals surface area contributed by atoms with Crippen LogP contribution in [0.3, 0.4) is 0 Å². The molecule has 0 spiro atoms. The van der Waals surface area contributed by atoms with E-state index in [9.17, 15) is 27.2 Å². The van der Waals surface area contributed by atoms with E-state index in [0.717, 1.165) is 4.31 Å². The van der Waals surface area contributed by atoms with E-state index in [1.807, 2.05) is 19.0 Å². The molecule has 10 heteroatoms. The molecule has 1 heterocycles. The zero-order valence-corrected chi connectivity index (χ0v) is 19.7. The van der Waals surface area contributed by atoms with Crippen molar-refractivity contribution < 1.29 is 27.2 Å². The maximum Gasteiger partial charge on any atom is 0.291 e. The van der Waals surface area contributed by atoms with Gasteiger partial charge in [0.1, 0.15) is 11.7 Å². The third-order valence-electron chi connectivity index (χ3n) is 5.61. The fourth-order valence-corrected chi connectivity index (χ4v) is 4.65. The predicted octanol–water partition coefficient (Wildman–Crippen LogP) is 1.59. The number of Topliss-reactive ketones (excluding diaryl/α,β-unsaturated/α-hetero) is 2. The molecule has 1 fully saturated rings. The van der Waals surface area contributed by atoms with E-state index in [0.29, 0.717) is 12.1 Å². The topological polar surface area (TPSA) is 95.1 Å². The largest absolute Gasteiger partial charge is 0.327 e. The minimum absolute atomic E-state index is 0.000527. The van der Waals surface area contributed by atoms with Crippen molar-refractivity contribution in [1.29, 1.82) is 0 Å². The maximum atomic E-state index is 13.5. The Morgan fingerprint density at radius 2 is 1.55 bits per heavy atom. The summed E-state index contributed by atoms with van der Waals surface area (Å²) in [7, 11) is 2.75. The molecule has 3 rings (SSSR count). The van der Waals surface area contributed by atoms with E-state index < -0.39 is 45.3 Å². The first-order valence-electron chi connectivity index (χ1n) is 10.3. The molecule has 0 aliphatic carbocycles. The molecule has 1 saturated heterocycles. The van der Waals surface area contributed by atoms with Crippen LogP contribution in [0.4, 0.5) is 4.39 Å². The molecule has 0 saturated carbocycles. The van der Waals surface area contributed by atoms with Crippen molar-refractivity contribution in [2.45, 2.75) is 10.9 Å². The Labute approximate surface area is 192 Å². The molecule has 1 aliphatic heterocycles. The SMILES string of the molecule is CN(C)CCN1C(=O)C(=O)C(C(=O)c2ccc(S(=O)(=O)N(C)C)cc2)C1c1ccc(F)cc1. The highest BCUT2D eigenvalue weighted by Gasteiger charge is 2.51. The molecule has 2 atom stereocenters. The van der Waals surface area contributed by atoms with Crippen LogP contribution in [0.25, 0.3) is 0 Å². The number of nitrogens with zero attached hydrogens (tertiary/aromatic N) is 3. The molecule has 8 nitrogen and oxygen atoms in total. The number of likely N-dealkylation sites (tertiary alicyclic amines) is 1. The van der Waals surface area contributed by atoms with Gasteiger partial charge in [0, 0.05) is 32.7 Å². The number of rotatable bonds is 8. The normalized spacial score (nSPS) is 19.1. The summed E-state index contributed by atoms with van der Waals surface area (Å²) in [4.78, 5) is 42.3. The lowest BCUT2D eigenvalue weighted by Gasteiger charge is -2.28. The van der Waals surface area contributed by atoms with Crippen LogP contribution in [0.15, 0.2) is 53.4 Å². The highest BCUT2D eigenvalue weighted by atomic mass is 32.2. The van der Waals surface area contributed by atoms with Gasteiger partial charge < -0.3 is 9.80 Å². The summed E-state index contributed by atoms with van der Waals surface area (Å²) in [5.41, 5.74) is 0.583. The van der Waals surface area contributed by atoms with Crippen LogP contribution in [0, 0.1) is 11.7 Å². The van der Waals surface area contributed by atoms with E-state index in [-0.39, 0.29) is 17.0 Å². The number of carbonyl (C=O) groups excluding carboxylic acids is 3. The van der Waals surface area contributed by atoms with Gasteiger partial charge in [-0.25, -0.2) is 17.1 Å². The Kier molecular flexibility index (Phi) is 7.11. The van der Waals surface area contributed by atoms with Crippen molar-refractivity contribution in [2.75, 3.05) is 41.3 Å². The van der Waals surface area contributed by atoms with Gasteiger partial charge in [0.25, 0.3) is 5.91 Å². The summed E-state index contributed by atoms with van der Waals surface area (Å²) in [6.45, 7) is 0.679. The minimum Gasteiger partial charge on any atom is -0.327 e. The summed E-state index contributed by atoms with van der Waals surface area (Å²) in [6, 6.07) is 9.72. The van der Waals surface area contributed by atoms with Crippen LogP contribution in [0.5, 0.6) is 0 Å². The number of amides is 1. The fraction of sp³-hybridized carbons (Fsp3) is 0.348. The zero-order chi connectivity index (χ0) is 24.5. The zero-order valence-electron chi connectivity index (χ0n) is 18.9. The van der Waals surface area contributed by atoms with Crippen LogP contribution in [-0.2, 0) is 19.6 Å². The third-order valence-corrected chi connectivity index (χ3v) is 7.43.